The lowest BCUT2D eigenvalue weighted by atomic mass is 10.1. The number of carbonyl (C=O) groups excluding carboxylic acids is 1. The zero-order valence-electron chi connectivity index (χ0n) is 25.3. The van der Waals surface area contributed by atoms with Crippen LogP contribution < -0.4 is 15.4 Å². The van der Waals surface area contributed by atoms with Crippen LogP contribution in [0.4, 0.5) is 16.4 Å². The number of amides is 1. The predicted octanol–water partition coefficient (Wildman–Crippen LogP) is 4.59. The van der Waals surface area contributed by atoms with Crippen LogP contribution >= 0.6 is 0 Å². The summed E-state index contributed by atoms with van der Waals surface area (Å²) >= 11 is 0. The maximum Gasteiger partial charge on any atom is 0.410 e. The Balaban J connectivity index is 1.60. The Labute approximate surface area is 242 Å². The zero-order chi connectivity index (χ0) is 29.7. The standard InChI is InChI=1S/C29H43N9O3/c1-8-37(9-2)25-15-20(14-21(33-25)18-36(7)28(39)41-29(3,4)5)24-17-31-26(30)27(34-24)40-23-16-32-38(19-23)22-10-12-35(6)13-11-22/h14-17,19,22H,8-13,18H2,1-7H3,(H2,30,31). The largest absolute Gasteiger partial charge is 0.444 e. The Morgan fingerprint density at radius 1 is 1.12 bits per heavy atom. The number of pyridine rings is 1. The normalized spacial score (nSPS) is 14.6. The minimum Gasteiger partial charge on any atom is -0.444 e. The molecular formula is C29H43N9O3. The third kappa shape index (κ3) is 7.84. The number of carbonyl (C=O) groups is 1. The molecule has 12 heteroatoms. The number of ether oxygens (including phenoxy) is 2. The first-order valence-electron chi connectivity index (χ1n) is 14.2. The first kappa shape index (κ1) is 30.0. The fraction of sp³-hybridized carbons (Fsp3) is 0.552. The molecule has 4 heterocycles. The Hall–Kier alpha value is -3.93. The van der Waals surface area contributed by atoms with Crippen LogP contribution in [-0.2, 0) is 11.3 Å². The molecule has 12 nitrogen and oxygen atoms in total. The molecule has 0 unspecified atom stereocenters. The van der Waals surface area contributed by atoms with Crippen molar-refractivity contribution in [2.45, 2.75) is 65.6 Å². The van der Waals surface area contributed by atoms with E-state index in [1.54, 1.807) is 19.4 Å². The molecule has 1 aliphatic rings. The third-order valence-corrected chi connectivity index (χ3v) is 6.97. The second-order valence-electron chi connectivity index (χ2n) is 11.5. The molecule has 0 aromatic carbocycles. The van der Waals surface area contributed by atoms with E-state index in [1.807, 2.05) is 43.8 Å². The first-order chi connectivity index (χ1) is 19.5. The van der Waals surface area contributed by atoms with Crippen molar-refractivity contribution >= 4 is 17.7 Å². The number of nitrogens with two attached hydrogens (primary N) is 1. The Morgan fingerprint density at radius 3 is 2.49 bits per heavy atom. The Kier molecular flexibility index (Phi) is 9.31. The number of anilines is 2. The maximum absolute atomic E-state index is 12.6. The van der Waals surface area contributed by atoms with E-state index in [1.165, 1.54) is 4.90 Å². The van der Waals surface area contributed by atoms with Crippen molar-refractivity contribution in [2.75, 3.05) is 50.9 Å². The van der Waals surface area contributed by atoms with Crippen molar-refractivity contribution in [2.24, 2.45) is 0 Å². The Morgan fingerprint density at radius 2 is 1.83 bits per heavy atom. The Bertz CT molecular complexity index is 1330. The number of piperidine rings is 1. The average molecular weight is 566 g/mol. The van der Waals surface area contributed by atoms with E-state index in [0.29, 0.717) is 23.2 Å². The number of likely N-dealkylation sites (tertiary alicyclic amines) is 1. The van der Waals surface area contributed by atoms with Crippen molar-refractivity contribution in [3.63, 3.8) is 0 Å². The third-order valence-electron chi connectivity index (χ3n) is 6.97. The van der Waals surface area contributed by atoms with Crippen LogP contribution in [0, 0.1) is 0 Å². The van der Waals surface area contributed by atoms with Crippen LogP contribution in [0.25, 0.3) is 11.3 Å². The van der Waals surface area contributed by atoms with Crippen LogP contribution in [0.3, 0.4) is 0 Å². The highest BCUT2D eigenvalue weighted by Crippen LogP contribution is 2.30. The molecule has 4 rings (SSSR count). The molecule has 1 fully saturated rings. The SMILES string of the molecule is CCN(CC)c1cc(-c2cnc(N)c(Oc3cnn(C4CCN(C)CC4)c3)n2)cc(CN(C)C(=O)OC(C)(C)C)n1. The highest BCUT2D eigenvalue weighted by atomic mass is 16.6. The van der Waals surface area contributed by atoms with E-state index >= 15 is 0 Å². The second-order valence-corrected chi connectivity index (χ2v) is 11.5. The fourth-order valence-corrected chi connectivity index (χ4v) is 4.70. The number of rotatable bonds is 9. The minimum absolute atomic E-state index is 0.184. The quantitative estimate of drug-likeness (QED) is 0.393. The summed E-state index contributed by atoms with van der Waals surface area (Å²) in [7, 11) is 3.83. The van der Waals surface area contributed by atoms with Gasteiger partial charge in [-0.15, -0.1) is 0 Å². The molecule has 1 amide bonds. The predicted molar refractivity (Wildman–Crippen MR) is 159 cm³/mol. The molecule has 0 radical (unpaired) electrons. The van der Waals surface area contributed by atoms with Gasteiger partial charge < -0.3 is 29.9 Å². The number of hydrogen-bond donors (Lipinski definition) is 1. The molecular weight excluding hydrogens is 522 g/mol. The topological polar surface area (TPSA) is 128 Å². The van der Waals surface area contributed by atoms with Gasteiger partial charge in [-0.05, 0) is 79.7 Å². The molecule has 1 saturated heterocycles. The molecule has 0 spiro atoms. The molecule has 0 saturated carbocycles. The summed E-state index contributed by atoms with van der Waals surface area (Å²) in [5, 5.41) is 4.52. The second kappa shape index (κ2) is 12.7. The monoisotopic (exact) mass is 565 g/mol. The molecule has 41 heavy (non-hydrogen) atoms. The van der Waals surface area contributed by atoms with E-state index in [2.05, 4.69) is 40.8 Å². The van der Waals surface area contributed by atoms with Crippen molar-refractivity contribution in [3.8, 4) is 22.9 Å². The van der Waals surface area contributed by atoms with Crippen LogP contribution in [-0.4, -0.2) is 86.5 Å². The molecule has 222 valence electrons. The van der Waals surface area contributed by atoms with Gasteiger partial charge in [0.15, 0.2) is 11.6 Å². The summed E-state index contributed by atoms with van der Waals surface area (Å²) in [6.45, 7) is 13.6. The molecule has 3 aromatic rings. The van der Waals surface area contributed by atoms with Crippen LogP contribution in [0.15, 0.2) is 30.7 Å². The van der Waals surface area contributed by atoms with E-state index in [4.69, 9.17) is 25.2 Å². The van der Waals surface area contributed by atoms with Gasteiger partial charge in [-0.1, -0.05) is 0 Å². The summed E-state index contributed by atoms with van der Waals surface area (Å²) in [6.07, 6.45) is 6.85. The molecule has 0 atom stereocenters. The van der Waals surface area contributed by atoms with E-state index in [9.17, 15) is 4.79 Å². The van der Waals surface area contributed by atoms with Gasteiger partial charge in [-0.25, -0.2) is 19.7 Å². The number of aromatic nitrogens is 5. The maximum atomic E-state index is 12.6. The number of hydrogen-bond acceptors (Lipinski definition) is 10. The van der Waals surface area contributed by atoms with Crippen LogP contribution in [0.2, 0.25) is 0 Å². The molecule has 3 aromatic heterocycles. The van der Waals surface area contributed by atoms with Gasteiger partial charge in [-0.2, -0.15) is 5.10 Å². The average Bonchev–Trinajstić information content (AvgIpc) is 3.38. The van der Waals surface area contributed by atoms with Gasteiger partial charge in [0.1, 0.15) is 11.4 Å². The van der Waals surface area contributed by atoms with Crippen LogP contribution in [0.1, 0.15) is 59.2 Å². The molecule has 1 aliphatic heterocycles. The van der Waals surface area contributed by atoms with Gasteiger partial charge in [0, 0.05) is 25.7 Å². The summed E-state index contributed by atoms with van der Waals surface area (Å²) in [4.78, 5) is 32.5. The molecule has 0 aliphatic carbocycles. The van der Waals surface area contributed by atoms with Crippen molar-refractivity contribution in [1.82, 2.24) is 34.5 Å². The lowest BCUT2D eigenvalue weighted by molar-refractivity contribution is 0.0283. The first-order valence-corrected chi connectivity index (χ1v) is 14.2. The minimum atomic E-state index is -0.591. The van der Waals surface area contributed by atoms with Crippen molar-refractivity contribution < 1.29 is 14.3 Å². The van der Waals surface area contributed by atoms with E-state index in [-0.39, 0.29) is 18.2 Å². The molecule has 0 bridgehead atoms. The number of nitrogens with zero attached hydrogens (tertiary/aromatic N) is 8. The zero-order valence-corrected chi connectivity index (χ0v) is 25.3. The van der Waals surface area contributed by atoms with Gasteiger partial charge in [0.2, 0.25) is 0 Å². The van der Waals surface area contributed by atoms with Gasteiger partial charge >= 0.3 is 6.09 Å². The van der Waals surface area contributed by atoms with Crippen molar-refractivity contribution in [1.29, 1.82) is 0 Å². The summed E-state index contributed by atoms with van der Waals surface area (Å²) in [5.41, 5.74) is 7.64. The highest BCUT2D eigenvalue weighted by molar-refractivity contribution is 5.68. The van der Waals surface area contributed by atoms with E-state index < -0.39 is 11.7 Å². The van der Waals surface area contributed by atoms with Gasteiger partial charge in [-0.3, -0.25) is 4.68 Å². The summed E-state index contributed by atoms with van der Waals surface area (Å²) in [5.74, 6) is 1.73. The lowest BCUT2D eigenvalue weighted by Gasteiger charge is -2.28. The fourth-order valence-electron chi connectivity index (χ4n) is 4.70. The smallest absolute Gasteiger partial charge is 0.410 e. The number of nitrogen functional groups attached to an aromatic ring is 1. The van der Waals surface area contributed by atoms with Crippen molar-refractivity contribution in [3.05, 3.63) is 36.4 Å². The highest BCUT2D eigenvalue weighted by Gasteiger charge is 2.22. The lowest BCUT2D eigenvalue weighted by Crippen LogP contribution is -2.34. The van der Waals surface area contributed by atoms with Crippen LogP contribution in [0.5, 0.6) is 11.6 Å². The molecule has 2 N–H and O–H groups in total. The van der Waals surface area contributed by atoms with E-state index in [0.717, 1.165) is 50.4 Å². The summed E-state index contributed by atoms with van der Waals surface area (Å²) in [6, 6.07) is 4.20. The summed E-state index contributed by atoms with van der Waals surface area (Å²) < 4.78 is 13.6. The van der Waals surface area contributed by atoms with Gasteiger partial charge in [0.05, 0.1) is 42.6 Å². The van der Waals surface area contributed by atoms with Gasteiger partial charge in [0.25, 0.3) is 5.88 Å².